The minimum Gasteiger partial charge on any atom is -0.375 e. The summed E-state index contributed by atoms with van der Waals surface area (Å²) in [4.78, 5) is 10.3. The highest BCUT2D eigenvalue weighted by atomic mass is 32.2. The van der Waals surface area contributed by atoms with Crippen LogP contribution in [0.1, 0.15) is 31.5 Å². The van der Waals surface area contributed by atoms with Gasteiger partial charge < -0.3 is 5.73 Å². The summed E-state index contributed by atoms with van der Waals surface area (Å²) in [5.74, 6) is 0.952. The Morgan fingerprint density at radius 1 is 1.33 bits per heavy atom. The van der Waals surface area contributed by atoms with Gasteiger partial charge in [0, 0.05) is 16.5 Å². The van der Waals surface area contributed by atoms with Crippen LogP contribution in [0.15, 0.2) is 5.38 Å². The molecule has 18 heavy (non-hydrogen) atoms. The maximum atomic E-state index is 5.73. The van der Waals surface area contributed by atoms with Crippen LogP contribution >= 0.6 is 34.4 Å². The highest BCUT2D eigenvalue weighted by Gasteiger charge is 2.25. The Bertz CT molecular complexity index is 537. The number of aromatic nitrogens is 2. The van der Waals surface area contributed by atoms with Crippen molar-refractivity contribution in [3.63, 3.8) is 0 Å². The number of nitrogens with two attached hydrogens (primary N) is 1. The number of hydrogen-bond donors (Lipinski definition) is 1. The van der Waals surface area contributed by atoms with Gasteiger partial charge in [-0.25, -0.2) is 9.97 Å². The Hall–Kier alpha value is -0.590. The van der Waals surface area contributed by atoms with Crippen LogP contribution in [0.3, 0.4) is 0 Å². The molecule has 0 aromatic carbocycles. The van der Waals surface area contributed by atoms with Crippen LogP contribution in [0.25, 0.3) is 10.6 Å². The topological polar surface area (TPSA) is 51.8 Å². The summed E-state index contributed by atoms with van der Waals surface area (Å²) in [5.41, 5.74) is 7.85. The minimum atomic E-state index is 0.0286. The van der Waals surface area contributed by atoms with E-state index in [1.807, 2.05) is 5.38 Å². The summed E-state index contributed by atoms with van der Waals surface area (Å²) in [5, 5.41) is 3.79. The van der Waals surface area contributed by atoms with Gasteiger partial charge in [0.15, 0.2) is 5.13 Å². The summed E-state index contributed by atoms with van der Waals surface area (Å²) in [6, 6.07) is 0. The van der Waals surface area contributed by atoms with Crippen LogP contribution in [-0.2, 0) is 11.2 Å². The van der Waals surface area contributed by atoms with Gasteiger partial charge in [0.2, 0.25) is 0 Å². The van der Waals surface area contributed by atoms with E-state index in [9.17, 15) is 0 Å². The van der Waals surface area contributed by atoms with Crippen molar-refractivity contribution in [2.75, 3.05) is 12.0 Å². The lowest BCUT2D eigenvalue weighted by Gasteiger charge is -2.16. The van der Waals surface area contributed by atoms with Gasteiger partial charge in [-0.15, -0.1) is 22.7 Å². The molecule has 6 heteroatoms. The summed E-state index contributed by atoms with van der Waals surface area (Å²) < 4.78 is 0. The number of anilines is 1. The molecule has 2 rings (SSSR count). The second-order valence-electron chi connectivity index (χ2n) is 5.04. The summed E-state index contributed by atoms with van der Waals surface area (Å²) in [6.07, 6.45) is 2.10. The zero-order chi connectivity index (χ0) is 13.3. The Kier molecular flexibility index (Phi) is 3.99. The van der Waals surface area contributed by atoms with Crippen LogP contribution < -0.4 is 5.73 Å². The SMILES string of the molecule is CSCc1nc(C(C)(C)C)c(-c2csc(N)n2)s1. The molecule has 0 aliphatic carbocycles. The molecule has 0 aliphatic rings. The van der Waals surface area contributed by atoms with Crippen molar-refractivity contribution >= 4 is 39.6 Å². The predicted octanol–water partition coefficient (Wildman–Crippen LogP) is 4.01. The normalized spacial score (nSPS) is 12.0. The smallest absolute Gasteiger partial charge is 0.180 e. The van der Waals surface area contributed by atoms with Crippen molar-refractivity contribution in [3.05, 3.63) is 16.1 Å². The van der Waals surface area contributed by atoms with Crippen LogP contribution in [0.4, 0.5) is 5.13 Å². The number of hydrogen-bond acceptors (Lipinski definition) is 6. The quantitative estimate of drug-likeness (QED) is 0.930. The highest BCUT2D eigenvalue weighted by Crippen LogP contribution is 2.38. The fraction of sp³-hybridized carbons (Fsp3) is 0.500. The lowest BCUT2D eigenvalue weighted by Crippen LogP contribution is -2.13. The first-order valence-electron chi connectivity index (χ1n) is 5.62. The maximum absolute atomic E-state index is 5.73. The molecular formula is C12H17N3S3. The van der Waals surface area contributed by atoms with Crippen molar-refractivity contribution in [2.24, 2.45) is 0 Å². The average Bonchev–Trinajstić information content (AvgIpc) is 2.83. The standard InChI is InChI=1S/C12H17N3S3/c1-12(2,3)10-9(7-5-17-11(13)14-7)18-8(15-10)6-16-4/h5H,6H2,1-4H3,(H2,13,14). The van der Waals surface area contributed by atoms with Gasteiger partial charge in [-0.2, -0.15) is 11.8 Å². The lowest BCUT2D eigenvalue weighted by molar-refractivity contribution is 0.573. The minimum absolute atomic E-state index is 0.0286. The summed E-state index contributed by atoms with van der Waals surface area (Å²) in [7, 11) is 0. The van der Waals surface area contributed by atoms with E-state index in [2.05, 4.69) is 32.0 Å². The molecule has 0 saturated carbocycles. The highest BCUT2D eigenvalue weighted by molar-refractivity contribution is 7.97. The van der Waals surface area contributed by atoms with E-state index in [1.54, 1.807) is 23.1 Å². The largest absolute Gasteiger partial charge is 0.375 e. The number of nitrogen functional groups attached to an aromatic ring is 1. The van der Waals surface area contributed by atoms with Crippen molar-refractivity contribution < 1.29 is 0 Å². The lowest BCUT2D eigenvalue weighted by atomic mass is 9.91. The van der Waals surface area contributed by atoms with E-state index < -0.39 is 0 Å². The molecule has 0 fully saturated rings. The molecule has 0 radical (unpaired) electrons. The molecule has 2 N–H and O–H groups in total. The number of thiazole rings is 2. The van der Waals surface area contributed by atoms with E-state index in [0.29, 0.717) is 5.13 Å². The maximum Gasteiger partial charge on any atom is 0.180 e. The van der Waals surface area contributed by atoms with Crippen molar-refractivity contribution in [1.29, 1.82) is 0 Å². The van der Waals surface area contributed by atoms with E-state index in [0.717, 1.165) is 22.1 Å². The number of thioether (sulfide) groups is 1. The Balaban J connectivity index is 2.50. The first-order valence-corrected chi connectivity index (χ1v) is 8.71. The molecule has 2 heterocycles. The molecule has 98 valence electrons. The van der Waals surface area contributed by atoms with Crippen molar-refractivity contribution in [3.8, 4) is 10.6 Å². The molecule has 0 aliphatic heterocycles. The fourth-order valence-electron chi connectivity index (χ4n) is 1.62. The van der Waals surface area contributed by atoms with Crippen molar-refractivity contribution in [2.45, 2.75) is 31.9 Å². The van der Waals surface area contributed by atoms with Crippen LogP contribution in [0.5, 0.6) is 0 Å². The molecule has 0 unspecified atom stereocenters. The van der Waals surface area contributed by atoms with Crippen LogP contribution in [0, 0.1) is 0 Å². The molecular weight excluding hydrogens is 282 g/mol. The second-order valence-corrected chi connectivity index (χ2v) is 7.88. The second kappa shape index (κ2) is 5.19. The number of rotatable bonds is 3. The summed E-state index contributed by atoms with van der Waals surface area (Å²) in [6.45, 7) is 6.55. The van der Waals surface area contributed by atoms with Crippen LogP contribution in [-0.4, -0.2) is 16.2 Å². The summed E-state index contributed by atoms with van der Waals surface area (Å²) >= 11 is 5.01. The van der Waals surface area contributed by atoms with Gasteiger partial charge in [0.25, 0.3) is 0 Å². The average molecular weight is 299 g/mol. The Labute approximate surface area is 120 Å². The van der Waals surface area contributed by atoms with Gasteiger partial charge >= 0.3 is 0 Å². The first-order chi connectivity index (χ1) is 8.41. The van der Waals surface area contributed by atoms with E-state index in [1.165, 1.54) is 16.2 Å². The number of nitrogens with zero attached hydrogens (tertiary/aromatic N) is 2. The van der Waals surface area contributed by atoms with Crippen molar-refractivity contribution in [1.82, 2.24) is 9.97 Å². The molecule has 0 atom stereocenters. The van der Waals surface area contributed by atoms with Gasteiger partial charge in [-0.05, 0) is 6.26 Å². The Morgan fingerprint density at radius 3 is 2.56 bits per heavy atom. The molecule has 0 amide bonds. The molecule has 0 saturated heterocycles. The fourth-order valence-corrected chi connectivity index (χ4v) is 4.18. The van der Waals surface area contributed by atoms with Gasteiger partial charge in [0.1, 0.15) is 5.01 Å². The predicted molar refractivity (Wildman–Crippen MR) is 83.6 cm³/mol. The third-order valence-electron chi connectivity index (χ3n) is 2.40. The first kappa shape index (κ1) is 13.8. The monoisotopic (exact) mass is 299 g/mol. The molecule has 2 aromatic heterocycles. The van der Waals surface area contributed by atoms with Crippen LogP contribution in [0.2, 0.25) is 0 Å². The molecule has 2 aromatic rings. The van der Waals surface area contributed by atoms with E-state index in [-0.39, 0.29) is 5.41 Å². The Morgan fingerprint density at radius 2 is 2.06 bits per heavy atom. The van der Waals surface area contributed by atoms with Gasteiger partial charge in [-0.1, -0.05) is 20.8 Å². The zero-order valence-corrected chi connectivity index (χ0v) is 13.4. The van der Waals surface area contributed by atoms with E-state index >= 15 is 0 Å². The van der Waals surface area contributed by atoms with Gasteiger partial charge in [-0.3, -0.25) is 0 Å². The van der Waals surface area contributed by atoms with E-state index in [4.69, 9.17) is 10.7 Å². The molecule has 0 spiro atoms. The zero-order valence-electron chi connectivity index (χ0n) is 11.0. The third kappa shape index (κ3) is 2.87. The third-order valence-corrected chi connectivity index (χ3v) is 4.90. The molecule has 3 nitrogen and oxygen atoms in total. The molecule has 0 bridgehead atoms. The van der Waals surface area contributed by atoms with Gasteiger partial charge in [0.05, 0.1) is 16.3 Å².